The van der Waals surface area contributed by atoms with Crippen LogP contribution in [-0.2, 0) is 11.2 Å². The predicted molar refractivity (Wildman–Crippen MR) is 73.1 cm³/mol. The molecule has 18 heavy (non-hydrogen) atoms. The van der Waals surface area contributed by atoms with Crippen molar-refractivity contribution in [3.63, 3.8) is 0 Å². The monoisotopic (exact) mass is 268 g/mol. The molecule has 1 atom stereocenters. The molecule has 0 aliphatic carbocycles. The minimum atomic E-state index is -0.735. The second kappa shape index (κ2) is 6.31. The molecule has 1 aromatic heterocycles. The Morgan fingerprint density at radius 3 is 3.00 bits per heavy atom. The molecular weight excluding hydrogens is 248 g/mol. The molecule has 1 unspecified atom stereocenters. The molecular formula is C13H20N2O2S. The Kier molecular flexibility index (Phi) is 4.74. The summed E-state index contributed by atoms with van der Waals surface area (Å²) in [6, 6.07) is 3.54. The molecule has 1 aliphatic rings. The number of hydrogen-bond donors (Lipinski definition) is 2. The quantitative estimate of drug-likeness (QED) is 0.873. The molecule has 1 fully saturated rings. The molecule has 0 saturated carbocycles. The van der Waals surface area contributed by atoms with E-state index in [-0.39, 0.29) is 0 Å². The first-order valence-electron chi connectivity index (χ1n) is 6.48. The number of aliphatic carboxylic acids is 1. The second-order valence-corrected chi connectivity index (χ2v) is 5.74. The van der Waals surface area contributed by atoms with E-state index in [9.17, 15) is 9.90 Å². The molecule has 2 N–H and O–H groups in total. The third-order valence-corrected chi connectivity index (χ3v) is 4.56. The van der Waals surface area contributed by atoms with Gasteiger partial charge < -0.3 is 10.4 Å². The summed E-state index contributed by atoms with van der Waals surface area (Å²) in [5.74, 6) is -0.735. The molecule has 0 radical (unpaired) electrons. The maximum absolute atomic E-state index is 11.6. The van der Waals surface area contributed by atoms with Gasteiger partial charge in [0.05, 0.1) is 0 Å². The molecule has 0 bridgehead atoms. The van der Waals surface area contributed by atoms with E-state index in [1.165, 1.54) is 4.88 Å². The molecule has 1 aromatic rings. The number of carboxylic acid groups (broad SMARTS) is 1. The maximum Gasteiger partial charge on any atom is 0.326 e. The number of aryl methyl sites for hydroxylation is 1. The summed E-state index contributed by atoms with van der Waals surface area (Å²) in [6.07, 6.45) is 1.98. The Morgan fingerprint density at radius 2 is 2.33 bits per heavy atom. The van der Waals surface area contributed by atoms with Crippen LogP contribution in [0.4, 0.5) is 0 Å². The lowest BCUT2D eigenvalue weighted by Crippen LogP contribution is -2.36. The van der Waals surface area contributed by atoms with Gasteiger partial charge in [0.1, 0.15) is 6.04 Å². The summed E-state index contributed by atoms with van der Waals surface area (Å²) in [5, 5.41) is 12.8. The maximum atomic E-state index is 11.6. The van der Waals surface area contributed by atoms with E-state index in [0.717, 1.165) is 43.9 Å². The van der Waals surface area contributed by atoms with Crippen LogP contribution < -0.4 is 5.32 Å². The first-order valence-corrected chi connectivity index (χ1v) is 7.30. The molecule has 1 saturated heterocycles. The smallest absolute Gasteiger partial charge is 0.326 e. The first kappa shape index (κ1) is 13.5. The van der Waals surface area contributed by atoms with Gasteiger partial charge in [-0.05, 0) is 31.5 Å². The van der Waals surface area contributed by atoms with Gasteiger partial charge in [-0.3, -0.25) is 9.69 Å². The van der Waals surface area contributed by atoms with E-state index in [0.29, 0.717) is 0 Å². The van der Waals surface area contributed by atoms with Gasteiger partial charge in [0.2, 0.25) is 0 Å². The predicted octanol–water partition coefficient (Wildman–Crippen LogP) is 1.73. The fraction of sp³-hybridized carbons (Fsp3) is 0.615. The van der Waals surface area contributed by atoms with Crippen LogP contribution >= 0.6 is 11.3 Å². The largest absolute Gasteiger partial charge is 0.480 e. The molecule has 5 heteroatoms. The molecule has 0 amide bonds. The molecule has 2 rings (SSSR count). The van der Waals surface area contributed by atoms with Gasteiger partial charge in [0.25, 0.3) is 0 Å². The summed E-state index contributed by atoms with van der Waals surface area (Å²) in [7, 11) is 0. The van der Waals surface area contributed by atoms with Crippen LogP contribution in [0.2, 0.25) is 0 Å². The number of thiophene rings is 1. The SMILES string of the molecule is CCc1ccc(C(C(=O)O)N2CCCNCC2)s1. The van der Waals surface area contributed by atoms with E-state index < -0.39 is 12.0 Å². The third-order valence-electron chi connectivity index (χ3n) is 3.27. The van der Waals surface area contributed by atoms with Crippen LogP contribution in [0.5, 0.6) is 0 Å². The van der Waals surface area contributed by atoms with Crippen LogP contribution in [0, 0.1) is 0 Å². The molecule has 0 spiro atoms. The lowest BCUT2D eigenvalue weighted by Gasteiger charge is -2.26. The Labute approximate surface area is 112 Å². The number of nitrogens with zero attached hydrogens (tertiary/aromatic N) is 1. The molecule has 1 aliphatic heterocycles. The van der Waals surface area contributed by atoms with Crippen molar-refractivity contribution in [3.8, 4) is 0 Å². The zero-order valence-corrected chi connectivity index (χ0v) is 11.5. The average Bonchev–Trinajstić information content (AvgIpc) is 2.65. The van der Waals surface area contributed by atoms with Crippen LogP contribution in [0.3, 0.4) is 0 Å². The lowest BCUT2D eigenvalue weighted by molar-refractivity contribution is -0.143. The normalized spacial score (nSPS) is 19.4. The average molecular weight is 268 g/mol. The second-order valence-electron chi connectivity index (χ2n) is 4.54. The molecule has 0 aromatic carbocycles. The zero-order valence-electron chi connectivity index (χ0n) is 10.7. The Bertz CT molecular complexity index is 397. The van der Waals surface area contributed by atoms with Gasteiger partial charge in [-0.15, -0.1) is 11.3 Å². The van der Waals surface area contributed by atoms with Crippen LogP contribution in [0.15, 0.2) is 12.1 Å². The topological polar surface area (TPSA) is 52.6 Å². The highest BCUT2D eigenvalue weighted by Crippen LogP contribution is 2.28. The van der Waals surface area contributed by atoms with Crippen LogP contribution in [0.1, 0.15) is 29.1 Å². The van der Waals surface area contributed by atoms with E-state index in [2.05, 4.69) is 17.1 Å². The number of nitrogens with one attached hydrogen (secondary N) is 1. The van der Waals surface area contributed by atoms with Crippen molar-refractivity contribution in [2.24, 2.45) is 0 Å². The van der Waals surface area contributed by atoms with Crippen LogP contribution in [0.25, 0.3) is 0 Å². The summed E-state index contributed by atoms with van der Waals surface area (Å²) >= 11 is 1.63. The Morgan fingerprint density at radius 1 is 1.50 bits per heavy atom. The minimum absolute atomic E-state index is 0.477. The van der Waals surface area contributed by atoms with Crippen molar-refractivity contribution in [2.75, 3.05) is 26.2 Å². The van der Waals surface area contributed by atoms with E-state index in [1.54, 1.807) is 11.3 Å². The van der Waals surface area contributed by atoms with Crippen molar-refractivity contribution in [1.29, 1.82) is 0 Å². The van der Waals surface area contributed by atoms with Gasteiger partial charge >= 0.3 is 5.97 Å². The summed E-state index contributed by atoms with van der Waals surface area (Å²) in [6.45, 7) is 5.60. The van der Waals surface area contributed by atoms with Crippen molar-refractivity contribution in [1.82, 2.24) is 10.2 Å². The highest BCUT2D eigenvalue weighted by molar-refractivity contribution is 7.12. The van der Waals surface area contributed by atoms with Crippen LogP contribution in [-0.4, -0.2) is 42.2 Å². The van der Waals surface area contributed by atoms with Gasteiger partial charge in [-0.2, -0.15) is 0 Å². The highest BCUT2D eigenvalue weighted by atomic mass is 32.1. The summed E-state index contributed by atoms with van der Waals surface area (Å²) in [5.41, 5.74) is 0. The first-order chi connectivity index (χ1) is 8.72. The number of rotatable bonds is 4. The van der Waals surface area contributed by atoms with Gasteiger partial charge in [0.15, 0.2) is 0 Å². The van der Waals surface area contributed by atoms with E-state index >= 15 is 0 Å². The van der Waals surface area contributed by atoms with Gasteiger partial charge in [0, 0.05) is 29.4 Å². The number of carboxylic acids is 1. The minimum Gasteiger partial charge on any atom is -0.480 e. The fourth-order valence-corrected chi connectivity index (χ4v) is 3.39. The summed E-state index contributed by atoms with van der Waals surface area (Å²) in [4.78, 5) is 15.8. The molecule has 100 valence electrons. The Hall–Kier alpha value is -0.910. The van der Waals surface area contributed by atoms with Crippen molar-refractivity contribution in [2.45, 2.75) is 25.8 Å². The Balaban J connectivity index is 2.18. The van der Waals surface area contributed by atoms with Crippen molar-refractivity contribution < 1.29 is 9.90 Å². The molecule has 2 heterocycles. The standard InChI is InChI=1S/C13H20N2O2S/c1-2-10-4-5-11(18-10)12(13(16)17)15-8-3-6-14-7-9-15/h4-5,12,14H,2-3,6-9H2,1H3,(H,16,17). The van der Waals surface area contributed by atoms with E-state index in [4.69, 9.17) is 0 Å². The third kappa shape index (κ3) is 3.10. The fourth-order valence-electron chi connectivity index (χ4n) is 2.31. The summed E-state index contributed by atoms with van der Waals surface area (Å²) < 4.78 is 0. The van der Waals surface area contributed by atoms with Crippen molar-refractivity contribution in [3.05, 3.63) is 21.9 Å². The van der Waals surface area contributed by atoms with Crippen molar-refractivity contribution >= 4 is 17.3 Å². The zero-order chi connectivity index (χ0) is 13.0. The van der Waals surface area contributed by atoms with Gasteiger partial charge in [-0.25, -0.2) is 0 Å². The highest BCUT2D eigenvalue weighted by Gasteiger charge is 2.28. The van der Waals surface area contributed by atoms with E-state index in [1.807, 2.05) is 12.1 Å². The molecule has 4 nitrogen and oxygen atoms in total. The lowest BCUT2D eigenvalue weighted by atomic mass is 10.2. The van der Waals surface area contributed by atoms with Gasteiger partial charge in [-0.1, -0.05) is 6.92 Å². The number of hydrogen-bond acceptors (Lipinski definition) is 4. The number of carbonyl (C=O) groups is 1.